The Bertz CT molecular complexity index is 613. The van der Waals surface area contributed by atoms with Crippen LogP contribution in [0.2, 0.25) is 0 Å². The zero-order valence-electron chi connectivity index (χ0n) is 11.8. The van der Waals surface area contributed by atoms with Gasteiger partial charge in [-0.05, 0) is 43.3 Å². The average molecular weight is 350 g/mol. The van der Waals surface area contributed by atoms with E-state index in [2.05, 4.69) is 21.2 Å². The van der Waals surface area contributed by atoms with Gasteiger partial charge in [0.15, 0.2) is 6.10 Å². The van der Waals surface area contributed by atoms with Crippen molar-refractivity contribution in [1.82, 2.24) is 0 Å². The number of amides is 1. The van der Waals surface area contributed by atoms with Gasteiger partial charge in [0.2, 0.25) is 0 Å². The molecule has 0 fully saturated rings. The summed E-state index contributed by atoms with van der Waals surface area (Å²) in [5.41, 5.74) is 0.622. The number of hydrogen-bond donors (Lipinski definition) is 1. The van der Waals surface area contributed by atoms with Gasteiger partial charge in [0.25, 0.3) is 5.91 Å². The van der Waals surface area contributed by atoms with Crippen LogP contribution in [0, 0.1) is 0 Å². The number of halogens is 1. The predicted molar refractivity (Wildman–Crippen MR) is 85.9 cm³/mol. The number of carbonyl (C=O) groups is 1. The summed E-state index contributed by atoms with van der Waals surface area (Å²) in [7, 11) is 1.56. The molecule has 0 aromatic heterocycles. The van der Waals surface area contributed by atoms with Gasteiger partial charge >= 0.3 is 0 Å². The number of methoxy groups -OCH3 is 1. The lowest BCUT2D eigenvalue weighted by molar-refractivity contribution is -0.122. The van der Waals surface area contributed by atoms with Gasteiger partial charge in [-0.2, -0.15) is 0 Å². The first-order valence-corrected chi connectivity index (χ1v) is 7.25. The van der Waals surface area contributed by atoms with E-state index in [9.17, 15) is 4.79 Å². The first kappa shape index (κ1) is 15.4. The van der Waals surface area contributed by atoms with Crippen LogP contribution in [0.5, 0.6) is 11.5 Å². The summed E-state index contributed by atoms with van der Waals surface area (Å²) >= 11 is 3.35. The van der Waals surface area contributed by atoms with Crippen molar-refractivity contribution in [3.05, 3.63) is 53.0 Å². The van der Waals surface area contributed by atoms with Gasteiger partial charge in [-0.15, -0.1) is 0 Å². The maximum atomic E-state index is 12.2. The van der Waals surface area contributed by atoms with Crippen molar-refractivity contribution in [2.75, 3.05) is 12.4 Å². The average Bonchev–Trinajstić information content (AvgIpc) is 2.50. The summed E-state index contributed by atoms with van der Waals surface area (Å²) in [6.45, 7) is 1.70. The summed E-state index contributed by atoms with van der Waals surface area (Å²) in [4.78, 5) is 12.2. The van der Waals surface area contributed by atoms with Gasteiger partial charge in [-0.25, -0.2) is 0 Å². The SMILES string of the molecule is COc1ccccc1NC(=O)C(C)Oc1ccc(Br)cc1. The fourth-order valence-electron chi connectivity index (χ4n) is 1.75. The highest BCUT2D eigenvalue weighted by Gasteiger charge is 2.16. The lowest BCUT2D eigenvalue weighted by Gasteiger charge is -2.16. The van der Waals surface area contributed by atoms with Crippen LogP contribution < -0.4 is 14.8 Å². The molecule has 21 heavy (non-hydrogen) atoms. The molecule has 1 atom stereocenters. The number of para-hydroxylation sites is 2. The first-order chi connectivity index (χ1) is 10.1. The van der Waals surface area contributed by atoms with Crippen molar-refractivity contribution in [1.29, 1.82) is 0 Å². The number of nitrogens with one attached hydrogen (secondary N) is 1. The van der Waals surface area contributed by atoms with Crippen molar-refractivity contribution < 1.29 is 14.3 Å². The standard InChI is InChI=1S/C16H16BrNO3/c1-11(21-13-9-7-12(17)8-10-13)16(19)18-14-5-3-4-6-15(14)20-2/h3-11H,1-2H3,(H,18,19). The van der Waals surface area contributed by atoms with E-state index in [-0.39, 0.29) is 5.91 Å². The molecule has 0 radical (unpaired) electrons. The van der Waals surface area contributed by atoms with E-state index >= 15 is 0 Å². The number of anilines is 1. The molecule has 1 N–H and O–H groups in total. The predicted octanol–water partition coefficient (Wildman–Crippen LogP) is 3.86. The molecule has 2 aromatic carbocycles. The van der Waals surface area contributed by atoms with E-state index in [1.54, 1.807) is 38.3 Å². The molecule has 0 saturated carbocycles. The molecule has 1 unspecified atom stereocenters. The van der Waals surface area contributed by atoms with Crippen molar-refractivity contribution in [3.63, 3.8) is 0 Å². The second kappa shape index (κ2) is 7.13. The molecule has 4 nitrogen and oxygen atoms in total. The van der Waals surface area contributed by atoms with E-state index in [4.69, 9.17) is 9.47 Å². The van der Waals surface area contributed by atoms with Gasteiger partial charge in [0, 0.05) is 4.47 Å². The third-order valence-corrected chi connectivity index (χ3v) is 3.39. The molecule has 0 aliphatic carbocycles. The molecular weight excluding hydrogens is 334 g/mol. The molecule has 110 valence electrons. The number of carbonyl (C=O) groups excluding carboxylic acids is 1. The largest absolute Gasteiger partial charge is 0.495 e. The third-order valence-electron chi connectivity index (χ3n) is 2.86. The minimum absolute atomic E-state index is 0.234. The fourth-order valence-corrected chi connectivity index (χ4v) is 2.02. The van der Waals surface area contributed by atoms with Crippen LogP contribution in [-0.2, 0) is 4.79 Å². The van der Waals surface area contributed by atoms with E-state index < -0.39 is 6.10 Å². The molecule has 2 aromatic rings. The summed E-state index contributed by atoms with van der Waals surface area (Å²) in [5, 5.41) is 2.79. The van der Waals surface area contributed by atoms with E-state index in [1.165, 1.54) is 0 Å². The molecule has 5 heteroatoms. The molecule has 0 heterocycles. The lowest BCUT2D eigenvalue weighted by Crippen LogP contribution is -2.30. The Labute approximate surface area is 132 Å². The Kier molecular flexibility index (Phi) is 5.22. The number of rotatable bonds is 5. The van der Waals surface area contributed by atoms with Gasteiger partial charge in [-0.3, -0.25) is 4.79 Å². The van der Waals surface area contributed by atoms with Crippen LogP contribution in [-0.4, -0.2) is 19.1 Å². The van der Waals surface area contributed by atoms with Crippen LogP contribution in [0.3, 0.4) is 0 Å². The van der Waals surface area contributed by atoms with Gasteiger partial charge in [0.05, 0.1) is 12.8 Å². The highest BCUT2D eigenvalue weighted by atomic mass is 79.9. The number of hydrogen-bond acceptors (Lipinski definition) is 3. The zero-order chi connectivity index (χ0) is 15.2. The molecule has 0 aliphatic heterocycles. The zero-order valence-corrected chi connectivity index (χ0v) is 13.4. The Morgan fingerprint density at radius 1 is 1.14 bits per heavy atom. The summed E-state index contributed by atoms with van der Waals surface area (Å²) < 4.78 is 11.8. The molecule has 0 aliphatic rings. The third kappa shape index (κ3) is 4.23. The number of benzene rings is 2. The lowest BCUT2D eigenvalue weighted by atomic mass is 10.2. The number of ether oxygens (including phenoxy) is 2. The van der Waals surface area contributed by atoms with Crippen LogP contribution >= 0.6 is 15.9 Å². The minimum atomic E-state index is -0.615. The molecule has 0 spiro atoms. The van der Waals surface area contributed by atoms with Crippen LogP contribution in [0.1, 0.15) is 6.92 Å². The summed E-state index contributed by atoms with van der Waals surface area (Å²) in [6, 6.07) is 14.6. The van der Waals surface area contributed by atoms with E-state index in [0.717, 1.165) is 4.47 Å². The minimum Gasteiger partial charge on any atom is -0.495 e. The molecule has 2 rings (SSSR count). The maximum absolute atomic E-state index is 12.2. The second-order valence-corrected chi connectivity index (χ2v) is 5.32. The Hall–Kier alpha value is -2.01. The summed E-state index contributed by atoms with van der Waals surface area (Å²) in [5.74, 6) is 1.02. The van der Waals surface area contributed by atoms with Crippen molar-refractivity contribution >= 4 is 27.5 Å². The Balaban J connectivity index is 2.01. The van der Waals surface area contributed by atoms with Crippen molar-refractivity contribution in [3.8, 4) is 11.5 Å². The quantitative estimate of drug-likeness (QED) is 0.891. The molecular formula is C16H16BrNO3. The maximum Gasteiger partial charge on any atom is 0.265 e. The summed E-state index contributed by atoms with van der Waals surface area (Å²) in [6.07, 6.45) is -0.615. The second-order valence-electron chi connectivity index (χ2n) is 4.40. The fraction of sp³-hybridized carbons (Fsp3) is 0.188. The van der Waals surface area contributed by atoms with E-state index in [1.807, 2.05) is 24.3 Å². The first-order valence-electron chi connectivity index (χ1n) is 6.46. The van der Waals surface area contributed by atoms with Crippen LogP contribution in [0.4, 0.5) is 5.69 Å². The van der Waals surface area contributed by atoms with Crippen molar-refractivity contribution in [2.45, 2.75) is 13.0 Å². The molecule has 1 amide bonds. The van der Waals surface area contributed by atoms with Gasteiger partial charge in [0.1, 0.15) is 11.5 Å². The van der Waals surface area contributed by atoms with E-state index in [0.29, 0.717) is 17.2 Å². The molecule has 0 bridgehead atoms. The topological polar surface area (TPSA) is 47.6 Å². The Morgan fingerprint density at radius 3 is 2.48 bits per heavy atom. The van der Waals surface area contributed by atoms with Gasteiger partial charge < -0.3 is 14.8 Å². The highest BCUT2D eigenvalue weighted by molar-refractivity contribution is 9.10. The van der Waals surface area contributed by atoms with Crippen LogP contribution in [0.25, 0.3) is 0 Å². The smallest absolute Gasteiger partial charge is 0.265 e. The molecule has 0 saturated heterocycles. The highest BCUT2D eigenvalue weighted by Crippen LogP contribution is 2.23. The normalized spacial score (nSPS) is 11.6. The van der Waals surface area contributed by atoms with Crippen molar-refractivity contribution in [2.24, 2.45) is 0 Å². The monoisotopic (exact) mass is 349 g/mol. The van der Waals surface area contributed by atoms with Gasteiger partial charge in [-0.1, -0.05) is 28.1 Å². The van der Waals surface area contributed by atoms with Crippen LogP contribution in [0.15, 0.2) is 53.0 Å². The Morgan fingerprint density at radius 2 is 1.81 bits per heavy atom.